The molecule has 0 aliphatic heterocycles. The highest BCUT2D eigenvalue weighted by Gasteiger charge is 2.22. The Bertz CT molecular complexity index is 1040. The summed E-state index contributed by atoms with van der Waals surface area (Å²) in [5, 5.41) is 19.3. The van der Waals surface area contributed by atoms with Gasteiger partial charge in [0.05, 0.1) is 18.9 Å². The highest BCUT2D eigenvalue weighted by Crippen LogP contribution is 2.37. The second kappa shape index (κ2) is 6.01. The molecule has 2 N–H and O–H groups in total. The molecule has 0 radical (unpaired) electrons. The molecular formula is C18H17NO6. The van der Waals surface area contributed by atoms with Crippen LogP contribution in [0, 0.1) is 6.92 Å². The minimum atomic E-state index is -1.07. The molecule has 3 aromatic rings. The van der Waals surface area contributed by atoms with Crippen LogP contribution in [0.5, 0.6) is 11.5 Å². The summed E-state index contributed by atoms with van der Waals surface area (Å²) >= 11 is 0. The molecule has 25 heavy (non-hydrogen) atoms. The predicted octanol–water partition coefficient (Wildman–Crippen LogP) is 2.45. The van der Waals surface area contributed by atoms with E-state index in [0.29, 0.717) is 22.4 Å². The van der Waals surface area contributed by atoms with Gasteiger partial charge in [-0.3, -0.25) is 9.59 Å². The molecule has 0 saturated carbocycles. The van der Waals surface area contributed by atoms with Crippen LogP contribution in [0.3, 0.4) is 0 Å². The Hall–Kier alpha value is -3.22. The number of rotatable bonds is 4. The lowest BCUT2D eigenvalue weighted by atomic mass is 10.0. The molecule has 7 nitrogen and oxygen atoms in total. The van der Waals surface area contributed by atoms with Gasteiger partial charge in [-0.05, 0) is 25.1 Å². The van der Waals surface area contributed by atoms with Gasteiger partial charge in [-0.25, -0.2) is 0 Å². The number of aromatic hydroxyl groups is 1. The topological polar surface area (TPSA) is 102 Å². The Labute approximate surface area is 142 Å². The van der Waals surface area contributed by atoms with Crippen LogP contribution in [0.4, 0.5) is 0 Å². The van der Waals surface area contributed by atoms with Gasteiger partial charge >= 0.3 is 5.97 Å². The zero-order chi connectivity index (χ0) is 18.3. The van der Waals surface area contributed by atoms with Gasteiger partial charge in [0.2, 0.25) is 0 Å². The molecular weight excluding hydrogens is 326 g/mol. The number of ether oxygens (including phenoxy) is 1. The van der Waals surface area contributed by atoms with E-state index in [1.807, 2.05) is 0 Å². The molecule has 0 aliphatic rings. The first-order valence-corrected chi connectivity index (χ1v) is 7.54. The summed E-state index contributed by atoms with van der Waals surface area (Å²) in [6.07, 6.45) is -0.357. The SMILES string of the molecule is COc1cc(-c2oc3cc(C)n(C)c(=O)c3c2CC(=O)O)ccc1O. The first kappa shape index (κ1) is 16.6. The van der Waals surface area contributed by atoms with E-state index >= 15 is 0 Å². The number of nitrogens with zero attached hydrogens (tertiary/aromatic N) is 1. The molecule has 0 saturated heterocycles. The molecule has 0 aliphatic carbocycles. The lowest BCUT2D eigenvalue weighted by Crippen LogP contribution is -2.19. The van der Waals surface area contributed by atoms with E-state index in [9.17, 15) is 19.8 Å². The van der Waals surface area contributed by atoms with E-state index in [0.717, 1.165) is 0 Å². The number of hydrogen-bond acceptors (Lipinski definition) is 5. The lowest BCUT2D eigenvalue weighted by molar-refractivity contribution is -0.136. The highest BCUT2D eigenvalue weighted by atomic mass is 16.5. The van der Waals surface area contributed by atoms with Crippen LogP contribution >= 0.6 is 0 Å². The molecule has 7 heteroatoms. The second-order valence-corrected chi connectivity index (χ2v) is 5.76. The molecule has 0 bridgehead atoms. The largest absolute Gasteiger partial charge is 0.504 e. The molecule has 2 heterocycles. The van der Waals surface area contributed by atoms with Gasteiger partial charge in [0, 0.05) is 29.9 Å². The fourth-order valence-corrected chi connectivity index (χ4v) is 2.81. The van der Waals surface area contributed by atoms with Crippen molar-refractivity contribution in [2.24, 2.45) is 7.05 Å². The minimum Gasteiger partial charge on any atom is -0.504 e. The number of carbonyl (C=O) groups is 1. The van der Waals surface area contributed by atoms with Gasteiger partial charge in [0.15, 0.2) is 11.5 Å². The van der Waals surface area contributed by atoms with Crippen molar-refractivity contribution < 1.29 is 24.2 Å². The highest BCUT2D eigenvalue weighted by molar-refractivity contribution is 5.91. The van der Waals surface area contributed by atoms with E-state index in [1.54, 1.807) is 26.1 Å². The van der Waals surface area contributed by atoms with E-state index in [1.165, 1.54) is 23.8 Å². The zero-order valence-corrected chi connectivity index (χ0v) is 14.0. The number of methoxy groups -OCH3 is 1. The Kier molecular flexibility index (Phi) is 4.00. The summed E-state index contributed by atoms with van der Waals surface area (Å²) in [5.41, 5.74) is 1.53. The normalized spacial score (nSPS) is 11.0. The molecule has 0 unspecified atom stereocenters. The van der Waals surface area contributed by atoms with Gasteiger partial charge in [0.1, 0.15) is 11.3 Å². The standard InChI is InChI=1S/C18H17NO6/c1-9-6-14-16(18(23)19(9)2)11(8-15(21)22)17(25-14)10-4-5-12(20)13(7-10)24-3/h4-7,20H,8H2,1-3H3,(H,21,22). The third-order valence-corrected chi connectivity index (χ3v) is 4.19. The number of fused-ring (bicyclic) bond motifs is 1. The van der Waals surface area contributed by atoms with Crippen LogP contribution < -0.4 is 10.3 Å². The molecule has 0 spiro atoms. The number of phenolic OH excluding ortho intramolecular Hbond substituents is 1. The monoisotopic (exact) mass is 343 g/mol. The van der Waals surface area contributed by atoms with Crippen LogP contribution in [-0.2, 0) is 18.3 Å². The Morgan fingerprint density at radius 2 is 2.04 bits per heavy atom. The zero-order valence-electron chi connectivity index (χ0n) is 14.0. The smallest absolute Gasteiger partial charge is 0.307 e. The van der Waals surface area contributed by atoms with Crippen molar-refractivity contribution in [1.29, 1.82) is 0 Å². The molecule has 0 atom stereocenters. The van der Waals surface area contributed by atoms with Gasteiger partial charge < -0.3 is 23.9 Å². The minimum absolute atomic E-state index is 0.0473. The number of aromatic nitrogens is 1. The van der Waals surface area contributed by atoms with E-state index in [4.69, 9.17) is 9.15 Å². The number of aryl methyl sites for hydroxylation is 1. The van der Waals surface area contributed by atoms with Crippen molar-refractivity contribution in [2.45, 2.75) is 13.3 Å². The van der Waals surface area contributed by atoms with Crippen molar-refractivity contribution in [1.82, 2.24) is 4.57 Å². The number of phenols is 1. The second-order valence-electron chi connectivity index (χ2n) is 5.76. The lowest BCUT2D eigenvalue weighted by Gasteiger charge is -2.06. The maximum atomic E-state index is 12.6. The number of benzene rings is 1. The van der Waals surface area contributed by atoms with E-state index in [-0.39, 0.29) is 34.6 Å². The summed E-state index contributed by atoms with van der Waals surface area (Å²) in [5.74, 6) is -0.618. The molecule has 0 amide bonds. The van der Waals surface area contributed by atoms with Crippen LogP contribution in [0.2, 0.25) is 0 Å². The van der Waals surface area contributed by atoms with Crippen LogP contribution in [-0.4, -0.2) is 27.9 Å². The first-order valence-electron chi connectivity index (χ1n) is 7.54. The Balaban J connectivity index is 2.36. The van der Waals surface area contributed by atoms with E-state index < -0.39 is 5.97 Å². The third kappa shape index (κ3) is 2.73. The van der Waals surface area contributed by atoms with Gasteiger partial charge in [0.25, 0.3) is 5.56 Å². The fraction of sp³-hybridized carbons (Fsp3) is 0.222. The number of aliphatic carboxylic acids is 1. The van der Waals surface area contributed by atoms with Gasteiger partial charge in [-0.1, -0.05) is 0 Å². The number of carboxylic acids is 1. The molecule has 3 rings (SSSR count). The fourth-order valence-electron chi connectivity index (χ4n) is 2.81. The number of pyridine rings is 1. The summed E-state index contributed by atoms with van der Waals surface area (Å²) < 4.78 is 12.4. The summed E-state index contributed by atoms with van der Waals surface area (Å²) in [6, 6.07) is 6.24. The Morgan fingerprint density at radius 3 is 2.68 bits per heavy atom. The molecule has 130 valence electrons. The van der Waals surface area contributed by atoms with Crippen molar-refractivity contribution in [3.63, 3.8) is 0 Å². The predicted molar refractivity (Wildman–Crippen MR) is 91.2 cm³/mol. The molecule has 0 fully saturated rings. The molecule has 2 aromatic heterocycles. The number of furan rings is 1. The Morgan fingerprint density at radius 1 is 1.32 bits per heavy atom. The van der Waals surface area contributed by atoms with Gasteiger partial charge in [-0.15, -0.1) is 0 Å². The van der Waals surface area contributed by atoms with Crippen molar-refractivity contribution in [2.75, 3.05) is 7.11 Å². The molecule has 1 aromatic carbocycles. The van der Waals surface area contributed by atoms with Crippen LogP contribution in [0.25, 0.3) is 22.3 Å². The maximum Gasteiger partial charge on any atom is 0.307 e. The number of hydrogen-bond donors (Lipinski definition) is 2. The average Bonchev–Trinajstić information content (AvgIpc) is 2.90. The number of carboxylic acid groups (broad SMARTS) is 1. The average molecular weight is 343 g/mol. The van der Waals surface area contributed by atoms with Crippen molar-refractivity contribution in [3.05, 3.63) is 45.9 Å². The van der Waals surface area contributed by atoms with Crippen LogP contribution in [0.15, 0.2) is 33.5 Å². The third-order valence-electron chi connectivity index (χ3n) is 4.19. The van der Waals surface area contributed by atoms with Crippen molar-refractivity contribution in [3.8, 4) is 22.8 Å². The maximum absolute atomic E-state index is 12.6. The quantitative estimate of drug-likeness (QED) is 0.754. The van der Waals surface area contributed by atoms with Crippen molar-refractivity contribution >= 4 is 16.9 Å². The summed E-state index contributed by atoms with van der Waals surface area (Å²) in [4.78, 5) is 23.9. The van der Waals surface area contributed by atoms with Crippen LogP contribution in [0.1, 0.15) is 11.3 Å². The summed E-state index contributed by atoms with van der Waals surface area (Å²) in [7, 11) is 3.03. The summed E-state index contributed by atoms with van der Waals surface area (Å²) in [6.45, 7) is 1.77. The van der Waals surface area contributed by atoms with E-state index in [2.05, 4.69) is 0 Å². The first-order chi connectivity index (χ1) is 11.8. The van der Waals surface area contributed by atoms with Gasteiger partial charge in [-0.2, -0.15) is 0 Å².